The van der Waals surface area contributed by atoms with Crippen LogP contribution in [0.2, 0.25) is 0 Å². The standard InChI is InChI=1S/C55H34BN5/c1-5-17-35(18-6-1)55-57-53-48(60(55)38-23-11-4-12-24-38)32-31-47-52(53)56-43-33-42-41-27-15-26-40-39-25-13-14-28-44(39)61(54(40)41)49(42)34-50(43)59(37-21-9-3-10-22-37)46-30-16-29-45(51(46)56)58(47)36-19-7-2-8-20-36/h1-34H. The van der Waals surface area contributed by atoms with Gasteiger partial charge >= 0.3 is 0 Å². The first-order chi connectivity index (χ1) is 30.3. The maximum Gasteiger partial charge on any atom is 0.255 e. The molecule has 0 amide bonds. The van der Waals surface area contributed by atoms with Gasteiger partial charge in [-0.25, -0.2) is 4.98 Å². The third-order valence-corrected chi connectivity index (χ3v) is 13.2. The van der Waals surface area contributed by atoms with E-state index in [2.05, 4.69) is 225 Å². The van der Waals surface area contributed by atoms with Crippen molar-refractivity contribution in [3.05, 3.63) is 206 Å². The summed E-state index contributed by atoms with van der Waals surface area (Å²) in [5.74, 6) is 0.925. The number of para-hydroxylation sites is 5. The molecule has 0 atom stereocenters. The molecule has 6 heteroatoms. The molecule has 0 aliphatic carbocycles. The minimum absolute atomic E-state index is 0.121. The number of hydrogen-bond donors (Lipinski definition) is 0. The second-order valence-electron chi connectivity index (χ2n) is 16.3. The van der Waals surface area contributed by atoms with Crippen LogP contribution in [0.25, 0.3) is 66.2 Å². The van der Waals surface area contributed by atoms with E-state index in [-0.39, 0.29) is 6.71 Å². The second-order valence-corrected chi connectivity index (χ2v) is 16.3. The Hall–Kier alpha value is -8.09. The summed E-state index contributed by atoms with van der Waals surface area (Å²) in [7, 11) is 0. The summed E-state index contributed by atoms with van der Waals surface area (Å²) in [6.07, 6.45) is 0. The van der Waals surface area contributed by atoms with Crippen LogP contribution in [0, 0.1) is 0 Å². The van der Waals surface area contributed by atoms with Gasteiger partial charge in [-0.2, -0.15) is 0 Å². The number of aromatic nitrogens is 3. The van der Waals surface area contributed by atoms with Gasteiger partial charge in [-0.15, -0.1) is 0 Å². The summed E-state index contributed by atoms with van der Waals surface area (Å²) >= 11 is 0. The number of imidazole rings is 1. The summed E-state index contributed by atoms with van der Waals surface area (Å²) in [6.45, 7) is -0.121. The van der Waals surface area contributed by atoms with Gasteiger partial charge in [-0.05, 0) is 89.2 Å². The molecule has 0 spiro atoms. The number of anilines is 6. The zero-order valence-electron chi connectivity index (χ0n) is 32.9. The summed E-state index contributed by atoms with van der Waals surface area (Å²) in [4.78, 5) is 10.7. The monoisotopic (exact) mass is 775 g/mol. The van der Waals surface area contributed by atoms with E-state index in [1.807, 2.05) is 0 Å². The normalized spacial score (nSPS) is 13.1. The third kappa shape index (κ3) is 4.38. The Bertz CT molecular complexity index is 3710. The lowest BCUT2D eigenvalue weighted by atomic mass is 9.33. The van der Waals surface area contributed by atoms with Gasteiger partial charge in [-0.1, -0.05) is 133 Å². The Morgan fingerprint density at radius 1 is 0.377 bits per heavy atom. The van der Waals surface area contributed by atoms with E-state index in [1.165, 1.54) is 71.5 Å². The van der Waals surface area contributed by atoms with E-state index < -0.39 is 0 Å². The maximum atomic E-state index is 5.76. The SMILES string of the molecule is c1ccc(-c2nc3c4c(ccc3n2-c2ccccc2)N(c2ccccc2)c2cccc3c2B4c2cc4c5cccc6c7ccccc7n(c4cc2N3c2ccccc2)c65)cc1. The average Bonchev–Trinajstić information content (AvgIpc) is 4.00. The van der Waals surface area contributed by atoms with Crippen LogP contribution in [-0.2, 0) is 0 Å². The molecule has 9 aromatic carbocycles. The summed E-state index contributed by atoms with van der Waals surface area (Å²) in [6, 6.07) is 75.2. The van der Waals surface area contributed by atoms with Crippen molar-refractivity contribution in [2.45, 2.75) is 0 Å². The zero-order valence-corrected chi connectivity index (χ0v) is 32.9. The van der Waals surface area contributed by atoms with Gasteiger partial charge in [0, 0.05) is 66.9 Å². The first-order valence-corrected chi connectivity index (χ1v) is 21.0. The number of nitrogens with zero attached hydrogens (tertiary/aromatic N) is 5. The van der Waals surface area contributed by atoms with Crippen LogP contribution in [0.15, 0.2) is 206 Å². The van der Waals surface area contributed by atoms with Crippen molar-refractivity contribution in [2.24, 2.45) is 0 Å². The van der Waals surface area contributed by atoms with E-state index >= 15 is 0 Å². The number of hydrogen-bond acceptors (Lipinski definition) is 3. The van der Waals surface area contributed by atoms with E-state index in [0.717, 1.165) is 45.2 Å². The molecule has 0 N–H and O–H groups in total. The van der Waals surface area contributed by atoms with Crippen LogP contribution in [-0.4, -0.2) is 20.7 Å². The molecule has 282 valence electrons. The molecule has 0 saturated heterocycles. The number of fused-ring (bicyclic) bond motifs is 12. The summed E-state index contributed by atoms with van der Waals surface area (Å²) < 4.78 is 4.85. The molecule has 0 bridgehead atoms. The van der Waals surface area contributed by atoms with E-state index in [9.17, 15) is 0 Å². The molecule has 5 nitrogen and oxygen atoms in total. The van der Waals surface area contributed by atoms with Gasteiger partial charge in [-0.3, -0.25) is 4.57 Å². The lowest BCUT2D eigenvalue weighted by Crippen LogP contribution is -2.61. The van der Waals surface area contributed by atoms with Gasteiger partial charge < -0.3 is 14.2 Å². The minimum atomic E-state index is -0.121. The van der Waals surface area contributed by atoms with Crippen LogP contribution in [0.1, 0.15) is 0 Å². The Morgan fingerprint density at radius 2 is 0.934 bits per heavy atom. The molecule has 2 aliphatic heterocycles. The predicted molar refractivity (Wildman–Crippen MR) is 255 cm³/mol. The largest absolute Gasteiger partial charge is 0.311 e. The minimum Gasteiger partial charge on any atom is -0.311 e. The van der Waals surface area contributed by atoms with Gasteiger partial charge in [0.15, 0.2) is 0 Å². The Balaban J connectivity index is 1.16. The van der Waals surface area contributed by atoms with Crippen molar-refractivity contribution in [3.8, 4) is 17.1 Å². The first-order valence-electron chi connectivity index (χ1n) is 21.0. The smallest absolute Gasteiger partial charge is 0.255 e. The van der Waals surface area contributed by atoms with Crippen LogP contribution in [0.5, 0.6) is 0 Å². The molecule has 2 aliphatic rings. The second kappa shape index (κ2) is 12.2. The van der Waals surface area contributed by atoms with Crippen LogP contribution in [0.4, 0.5) is 34.1 Å². The van der Waals surface area contributed by atoms with Crippen molar-refractivity contribution in [1.29, 1.82) is 0 Å². The van der Waals surface area contributed by atoms with Gasteiger partial charge in [0.05, 0.1) is 27.6 Å². The van der Waals surface area contributed by atoms with Gasteiger partial charge in [0.1, 0.15) is 5.82 Å². The number of rotatable bonds is 4. The van der Waals surface area contributed by atoms with Crippen LogP contribution in [0.3, 0.4) is 0 Å². The highest BCUT2D eigenvalue weighted by atomic mass is 15.2. The van der Waals surface area contributed by atoms with E-state index in [4.69, 9.17) is 4.98 Å². The Labute approximate surface area is 352 Å². The van der Waals surface area contributed by atoms with Crippen molar-refractivity contribution < 1.29 is 0 Å². The van der Waals surface area contributed by atoms with E-state index in [1.54, 1.807) is 0 Å². The van der Waals surface area contributed by atoms with Crippen molar-refractivity contribution in [1.82, 2.24) is 14.0 Å². The maximum absolute atomic E-state index is 5.76. The molecule has 0 radical (unpaired) electrons. The van der Waals surface area contributed by atoms with Gasteiger partial charge in [0.25, 0.3) is 6.71 Å². The molecule has 14 rings (SSSR count). The molecule has 12 aromatic rings. The summed E-state index contributed by atoms with van der Waals surface area (Å²) in [5, 5.41) is 5.11. The quantitative estimate of drug-likeness (QED) is 0.167. The highest BCUT2D eigenvalue weighted by molar-refractivity contribution is 7.01. The molecule has 3 aromatic heterocycles. The van der Waals surface area contributed by atoms with E-state index in [0.29, 0.717) is 0 Å². The number of benzene rings is 9. The fourth-order valence-electron chi connectivity index (χ4n) is 10.8. The molecular weight excluding hydrogens is 741 g/mol. The average molecular weight is 776 g/mol. The Morgan fingerprint density at radius 3 is 1.64 bits per heavy atom. The molecule has 61 heavy (non-hydrogen) atoms. The highest BCUT2D eigenvalue weighted by Gasteiger charge is 2.45. The van der Waals surface area contributed by atoms with Crippen LogP contribution < -0.4 is 26.2 Å². The topological polar surface area (TPSA) is 28.7 Å². The third-order valence-electron chi connectivity index (χ3n) is 13.2. The highest BCUT2D eigenvalue weighted by Crippen LogP contribution is 2.47. The predicted octanol–water partition coefficient (Wildman–Crippen LogP) is 11.9. The van der Waals surface area contributed by atoms with Crippen molar-refractivity contribution in [2.75, 3.05) is 9.80 Å². The molecule has 0 unspecified atom stereocenters. The molecule has 0 saturated carbocycles. The van der Waals surface area contributed by atoms with Crippen LogP contribution >= 0.6 is 0 Å². The lowest BCUT2D eigenvalue weighted by molar-refractivity contribution is 1.10. The van der Waals surface area contributed by atoms with Crippen molar-refractivity contribution in [3.63, 3.8) is 0 Å². The fourth-order valence-corrected chi connectivity index (χ4v) is 10.8. The molecule has 0 fully saturated rings. The fraction of sp³-hybridized carbons (Fsp3) is 0. The summed E-state index contributed by atoms with van der Waals surface area (Å²) in [5.41, 5.74) is 18.7. The molecular formula is C55H34BN5. The van der Waals surface area contributed by atoms with Gasteiger partial charge in [0.2, 0.25) is 0 Å². The molecule has 5 heterocycles. The zero-order chi connectivity index (χ0) is 39.8. The Kier molecular flexibility index (Phi) is 6.58. The lowest BCUT2D eigenvalue weighted by Gasteiger charge is -2.44. The first kappa shape index (κ1) is 32.8. The van der Waals surface area contributed by atoms with Crippen molar-refractivity contribution >= 4 is 106 Å².